The minimum absolute atomic E-state index is 0.0835. The van der Waals surface area contributed by atoms with Crippen LogP contribution in [-0.2, 0) is 17.6 Å². The molecule has 0 saturated carbocycles. The third-order valence-corrected chi connectivity index (χ3v) is 4.76. The van der Waals surface area contributed by atoms with Gasteiger partial charge in [-0.15, -0.1) is 11.3 Å². The number of rotatable bonds is 8. The maximum atomic E-state index is 11.9. The first-order valence-corrected chi connectivity index (χ1v) is 8.80. The fourth-order valence-electron chi connectivity index (χ4n) is 2.17. The van der Waals surface area contributed by atoms with Gasteiger partial charge in [0.2, 0.25) is 5.91 Å². The van der Waals surface area contributed by atoms with Gasteiger partial charge in [-0.25, -0.2) is 4.98 Å². The van der Waals surface area contributed by atoms with E-state index >= 15 is 0 Å². The lowest BCUT2D eigenvalue weighted by molar-refractivity contribution is -0.121. The molecular formula is C18H24N2O2S. The number of ether oxygens (including phenoxy) is 1. The second kappa shape index (κ2) is 8.67. The van der Waals surface area contributed by atoms with Crippen LogP contribution in [0, 0.1) is 0 Å². The summed E-state index contributed by atoms with van der Waals surface area (Å²) in [5.41, 5.74) is 2.20. The summed E-state index contributed by atoms with van der Waals surface area (Å²) in [6.07, 6.45) is 2.03. The molecule has 124 valence electrons. The highest BCUT2D eigenvalue weighted by Gasteiger charge is 2.07. The summed E-state index contributed by atoms with van der Waals surface area (Å²) in [5.74, 6) is 1.38. The number of aryl methyl sites for hydroxylation is 1. The van der Waals surface area contributed by atoms with Crippen LogP contribution in [0.2, 0.25) is 0 Å². The predicted octanol–water partition coefficient (Wildman–Crippen LogP) is 3.57. The average molecular weight is 332 g/mol. The van der Waals surface area contributed by atoms with Crippen LogP contribution in [0.15, 0.2) is 29.6 Å². The molecule has 1 aromatic carbocycles. The molecule has 0 unspecified atom stereocenters. The Bertz CT molecular complexity index is 620. The zero-order chi connectivity index (χ0) is 16.7. The van der Waals surface area contributed by atoms with Crippen LogP contribution in [0.25, 0.3) is 0 Å². The van der Waals surface area contributed by atoms with E-state index in [0.717, 1.165) is 34.9 Å². The molecular weight excluding hydrogens is 308 g/mol. The highest BCUT2D eigenvalue weighted by molar-refractivity contribution is 7.09. The molecule has 0 spiro atoms. The van der Waals surface area contributed by atoms with E-state index in [-0.39, 0.29) is 5.91 Å². The van der Waals surface area contributed by atoms with Crippen molar-refractivity contribution >= 4 is 17.2 Å². The Morgan fingerprint density at radius 1 is 1.26 bits per heavy atom. The summed E-state index contributed by atoms with van der Waals surface area (Å²) >= 11 is 1.69. The second-order valence-electron chi connectivity index (χ2n) is 5.78. The topological polar surface area (TPSA) is 51.2 Å². The fourth-order valence-corrected chi connectivity index (χ4v) is 3.04. The molecule has 2 aromatic rings. The first-order chi connectivity index (χ1) is 11.1. The summed E-state index contributed by atoms with van der Waals surface area (Å²) in [6.45, 7) is 4.93. The zero-order valence-electron chi connectivity index (χ0n) is 14.0. The van der Waals surface area contributed by atoms with Gasteiger partial charge in [0.05, 0.1) is 17.8 Å². The van der Waals surface area contributed by atoms with Crippen molar-refractivity contribution in [2.45, 2.75) is 39.0 Å². The molecule has 0 saturated heterocycles. The van der Waals surface area contributed by atoms with E-state index in [2.05, 4.69) is 29.5 Å². The third-order valence-electron chi connectivity index (χ3n) is 3.57. The van der Waals surface area contributed by atoms with E-state index in [1.165, 1.54) is 0 Å². The van der Waals surface area contributed by atoms with Crippen molar-refractivity contribution < 1.29 is 9.53 Å². The first-order valence-electron chi connectivity index (χ1n) is 7.92. The average Bonchev–Trinajstić information content (AvgIpc) is 3.02. The monoisotopic (exact) mass is 332 g/mol. The number of carbonyl (C=O) groups is 1. The SMILES string of the molecule is COc1ccc(CCC(=O)NCCc2csc(C(C)C)n2)cc1. The number of methoxy groups -OCH3 is 1. The van der Waals surface area contributed by atoms with Gasteiger partial charge in [-0.2, -0.15) is 0 Å². The largest absolute Gasteiger partial charge is 0.497 e. The van der Waals surface area contributed by atoms with Crippen molar-refractivity contribution in [3.05, 3.63) is 45.9 Å². The molecule has 0 radical (unpaired) electrons. The second-order valence-corrected chi connectivity index (χ2v) is 6.67. The van der Waals surface area contributed by atoms with Gasteiger partial charge >= 0.3 is 0 Å². The Kier molecular flexibility index (Phi) is 6.59. The van der Waals surface area contributed by atoms with Crippen molar-refractivity contribution in [2.24, 2.45) is 0 Å². The molecule has 1 N–H and O–H groups in total. The molecule has 23 heavy (non-hydrogen) atoms. The van der Waals surface area contributed by atoms with E-state index in [9.17, 15) is 4.79 Å². The Hall–Kier alpha value is -1.88. The molecule has 0 aliphatic rings. The molecule has 0 atom stereocenters. The number of hydrogen-bond acceptors (Lipinski definition) is 4. The minimum atomic E-state index is 0.0835. The number of benzene rings is 1. The number of carbonyl (C=O) groups excluding carboxylic acids is 1. The Morgan fingerprint density at radius 3 is 2.61 bits per heavy atom. The van der Waals surface area contributed by atoms with Gasteiger partial charge in [-0.3, -0.25) is 4.79 Å². The lowest BCUT2D eigenvalue weighted by Gasteiger charge is -2.05. The van der Waals surface area contributed by atoms with Gasteiger partial charge < -0.3 is 10.1 Å². The highest BCUT2D eigenvalue weighted by Crippen LogP contribution is 2.19. The lowest BCUT2D eigenvalue weighted by Crippen LogP contribution is -2.25. The van der Waals surface area contributed by atoms with Crippen molar-refractivity contribution in [3.63, 3.8) is 0 Å². The Morgan fingerprint density at radius 2 is 2.00 bits per heavy atom. The van der Waals surface area contributed by atoms with Crippen molar-refractivity contribution in [2.75, 3.05) is 13.7 Å². The van der Waals surface area contributed by atoms with Crippen molar-refractivity contribution in [1.82, 2.24) is 10.3 Å². The summed E-state index contributed by atoms with van der Waals surface area (Å²) < 4.78 is 5.12. The molecule has 1 amide bonds. The summed E-state index contributed by atoms with van der Waals surface area (Å²) in [5, 5.41) is 6.20. The number of aromatic nitrogens is 1. The lowest BCUT2D eigenvalue weighted by atomic mass is 10.1. The molecule has 2 rings (SSSR count). The van der Waals surface area contributed by atoms with Gasteiger partial charge in [-0.05, 0) is 24.1 Å². The summed E-state index contributed by atoms with van der Waals surface area (Å²) in [6, 6.07) is 7.83. The Labute approximate surface area is 141 Å². The van der Waals surface area contributed by atoms with Crippen molar-refractivity contribution in [3.8, 4) is 5.75 Å². The molecule has 0 aliphatic carbocycles. The van der Waals surface area contributed by atoms with Crippen LogP contribution in [0.5, 0.6) is 5.75 Å². The van der Waals surface area contributed by atoms with Crippen LogP contribution in [-0.4, -0.2) is 24.5 Å². The van der Waals surface area contributed by atoms with Gasteiger partial charge in [-0.1, -0.05) is 26.0 Å². The van der Waals surface area contributed by atoms with Crippen LogP contribution in [0.4, 0.5) is 0 Å². The van der Waals surface area contributed by atoms with E-state index < -0.39 is 0 Å². The molecule has 1 heterocycles. The zero-order valence-corrected chi connectivity index (χ0v) is 14.8. The van der Waals surface area contributed by atoms with Gasteiger partial charge in [0.1, 0.15) is 5.75 Å². The van der Waals surface area contributed by atoms with E-state index in [1.54, 1.807) is 18.4 Å². The summed E-state index contributed by atoms with van der Waals surface area (Å²) in [4.78, 5) is 16.5. The number of hydrogen-bond donors (Lipinski definition) is 1. The number of thiazole rings is 1. The van der Waals surface area contributed by atoms with Gasteiger partial charge in [0.25, 0.3) is 0 Å². The first kappa shape index (κ1) is 17.5. The van der Waals surface area contributed by atoms with Gasteiger partial charge in [0, 0.05) is 30.7 Å². The number of nitrogens with one attached hydrogen (secondary N) is 1. The number of nitrogens with zero attached hydrogens (tertiary/aromatic N) is 1. The molecule has 5 heteroatoms. The number of amides is 1. The normalized spacial score (nSPS) is 10.8. The van der Waals surface area contributed by atoms with E-state index in [1.807, 2.05) is 24.3 Å². The molecule has 0 aliphatic heterocycles. The van der Waals surface area contributed by atoms with Crippen LogP contribution in [0.1, 0.15) is 42.5 Å². The molecule has 0 fully saturated rings. The Balaban J connectivity index is 1.68. The van der Waals surface area contributed by atoms with Crippen LogP contribution >= 0.6 is 11.3 Å². The minimum Gasteiger partial charge on any atom is -0.497 e. The summed E-state index contributed by atoms with van der Waals surface area (Å²) in [7, 11) is 1.65. The van der Waals surface area contributed by atoms with Crippen LogP contribution in [0.3, 0.4) is 0 Å². The quantitative estimate of drug-likeness (QED) is 0.804. The van der Waals surface area contributed by atoms with Gasteiger partial charge in [0.15, 0.2) is 0 Å². The maximum absolute atomic E-state index is 11.9. The molecule has 1 aromatic heterocycles. The van der Waals surface area contributed by atoms with E-state index in [4.69, 9.17) is 4.74 Å². The highest BCUT2D eigenvalue weighted by atomic mass is 32.1. The standard InChI is InChI=1S/C18H24N2O2S/c1-13(2)18-20-15(12-23-18)10-11-19-17(21)9-6-14-4-7-16(22-3)8-5-14/h4-5,7-8,12-13H,6,9-11H2,1-3H3,(H,19,21). The molecule has 0 bridgehead atoms. The van der Waals surface area contributed by atoms with Crippen LogP contribution < -0.4 is 10.1 Å². The maximum Gasteiger partial charge on any atom is 0.220 e. The third kappa shape index (κ3) is 5.67. The van der Waals surface area contributed by atoms with Crippen molar-refractivity contribution in [1.29, 1.82) is 0 Å². The fraction of sp³-hybridized carbons (Fsp3) is 0.444. The van der Waals surface area contributed by atoms with E-state index in [0.29, 0.717) is 18.9 Å². The predicted molar refractivity (Wildman–Crippen MR) is 94.2 cm³/mol. The smallest absolute Gasteiger partial charge is 0.220 e. The molecule has 4 nitrogen and oxygen atoms in total.